The molecule has 1 fully saturated rings. The van der Waals surface area contributed by atoms with Crippen molar-refractivity contribution in [1.82, 2.24) is 4.31 Å². The molecular formula is C21H23Cl2N3O4S. The summed E-state index contributed by atoms with van der Waals surface area (Å²) in [5.41, 5.74) is 1.17. The zero-order valence-electron chi connectivity index (χ0n) is 16.9. The highest BCUT2D eigenvalue weighted by atomic mass is 35.5. The summed E-state index contributed by atoms with van der Waals surface area (Å²) >= 11 is 12.2. The van der Waals surface area contributed by atoms with Crippen LogP contribution in [0, 0.1) is 5.92 Å². The molecule has 31 heavy (non-hydrogen) atoms. The van der Waals surface area contributed by atoms with Crippen LogP contribution < -0.4 is 10.6 Å². The smallest absolute Gasteiger partial charge is 0.246 e. The molecule has 1 heterocycles. The molecule has 166 valence electrons. The molecule has 1 aliphatic heterocycles. The molecule has 0 aromatic heterocycles. The fraction of sp³-hybridized carbons (Fsp3) is 0.333. The van der Waals surface area contributed by atoms with Crippen molar-refractivity contribution in [3.8, 4) is 0 Å². The number of piperidine rings is 1. The van der Waals surface area contributed by atoms with Gasteiger partial charge in [0.05, 0.1) is 10.0 Å². The molecule has 0 bridgehead atoms. The van der Waals surface area contributed by atoms with E-state index in [-0.39, 0.29) is 45.8 Å². The Kier molecular flexibility index (Phi) is 7.59. The van der Waals surface area contributed by atoms with Gasteiger partial charge < -0.3 is 10.6 Å². The van der Waals surface area contributed by atoms with E-state index in [0.717, 1.165) is 0 Å². The molecule has 2 amide bonds. The van der Waals surface area contributed by atoms with E-state index in [1.165, 1.54) is 16.4 Å². The minimum absolute atomic E-state index is 0.0717. The molecule has 0 unspecified atom stereocenters. The molecule has 1 saturated heterocycles. The fourth-order valence-corrected chi connectivity index (χ4v) is 5.95. The van der Waals surface area contributed by atoms with Crippen LogP contribution in [0.2, 0.25) is 10.0 Å². The summed E-state index contributed by atoms with van der Waals surface area (Å²) in [6.45, 7) is 2.14. The lowest BCUT2D eigenvalue weighted by molar-refractivity contribution is -0.121. The first-order valence-corrected chi connectivity index (χ1v) is 12.1. The van der Waals surface area contributed by atoms with Crippen LogP contribution in [0.25, 0.3) is 0 Å². The van der Waals surface area contributed by atoms with E-state index in [2.05, 4.69) is 10.6 Å². The Labute approximate surface area is 191 Å². The van der Waals surface area contributed by atoms with Gasteiger partial charge in [0.15, 0.2) is 0 Å². The second-order valence-corrected chi connectivity index (χ2v) is 9.89. The van der Waals surface area contributed by atoms with E-state index in [4.69, 9.17) is 23.2 Å². The van der Waals surface area contributed by atoms with E-state index >= 15 is 0 Å². The largest absolute Gasteiger partial charge is 0.326 e. The maximum atomic E-state index is 13.0. The van der Waals surface area contributed by atoms with Crippen LogP contribution in [-0.4, -0.2) is 37.6 Å². The van der Waals surface area contributed by atoms with Crippen LogP contribution >= 0.6 is 23.2 Å². The van der Waals surface area contributed by atoms with Gasteiger partial charge in [0.1, 0.15) is 4.90 Å². The first kappa shape index (κ1) is 23.5. The van der Waals surface area contributed by atoms with Crippen molar-refractivity contribution in [2.75, 3.05) is 23.7 Å². The molecule has 7 nitrogen and oxygen atoms in total. The standard InChI is InChI=1S/C21H23Cl2N3O4S/c1-2-19(27)24-15-5-3-6-16(13-15)25-21(28)14-9-11-26(12-10-14)31(29,30)20-17(22)7-4-8-18(20)23/h3-8,13-14H,2,9-12H2,1H3,(H,24,27)(H,25,28). The molecule has 2 N–H and O–H groups in total. The monoisotopic (exact) mass is 483 g/mol. The van der Waals surface area contributed by atoms with Gasteiger partial charge in [-0.3, -0.25) is 9.59 Å². The Morgan fingerprint density at radius 2 is 1.55 bits per heavy atom. The van der Waals surface area contributed by atoms with Gasteiger partial charge >= 0.3 is 0 Å². The van der Waals surface area contributed by atoms with Crippen molar-refractivity contribution in [2.45, 2.75) is 31.1 Å². The number of halogens is 2. The van der Waals surface area contributed by atoms with E-state index in [1.807, 2.05) is 0 Å². The maximum absolute atomic E-state index is 13.0. The molecule has 1 aliphatic rings. The number of hydrogen-bond acceptors (Lipinski definition) is 4. The van der Waals surface area contributed by atoms with E-state index in [9.17, 15) is 18.0 Å². The summed E-state index contributed by atoms with van der Waals surface area (Å²) in [5, 5.41) is 5.74. The van der Waals surface area contributed by atoms with Gasteiger partial charge in [-0.2, -0.15) is 4.31 Å². The minimum Gasteiger partial charge on any atom is -0.326 e. The Hall–Kier alpha value is -2.13. The minimum atomic E-state index is -3.85. The lowest BCUT2D eigenvalue weighted by Crippen LogP contribution is -2.41. The lowest BCUT2D eigenvalue weighted by Gasteiger charge is -2.31. The molecule has 3 rings (SSSR count). The molecule has 0 saturated carbocycles. The third kappa shape index (κ3) is 5.57. The van der Waals surface area contributed by atoms with Crippen molar-refractivity contribution in [2.24, 2.45) is 5.92 Å². The molecule has 0 spiro atoms. The molecule has 0 atom stereocenters. The summed E-state index contributed by atoms with van der Waals surface area (Å²) in [4.78, 5) is 24.1. The van der Waals surface area contributed by atoms with Gasteiger partial charge in [-0.15, -0.1) is 0 Å². The van der Waals surface area contributed by atoms with Crippen LogP contribution in [0.4, 0.5) is 11.4 Å². The molecular weight excluding hydrogens is 461 g/mol. The molecule has 2 aromatic rings. The number of nitrogens with zero attached hydrogens (tertiary/aromatic N) is 1. The van der Waals surface area contributed by atoms with Crippen molar-refractivity contribution in [3.05, 3.63) is 52.5 Å². The van der Waals surface area contributed by atoms with Crippen molar-refractivity contribution < 1.29 is 18.0 Å². The normalized spacial score (nSPS) is 15.5. The average Bonchev–Trinajstić information content (AvgIpc) is 2.73. The predicted octanol–water partition coefficient (Wildman–Crippen LogP) is 4.38. The predicted molar refractivity (Wildman–Crippen MR) is 122 cm³/mol. The number of carbonyl (C=O) groups excluding carboxylic acids is 2. The van der Waals surface area contributed by atoms with Crippen molar-refractivity contribution in [1.29, 1.82) is 0 Å². The topological polar surface area (TPSA) is 95.6 Å². The molecule has 2 aromatic carbocycles. The number of hydrogen-bond donors (Lipinski definition) is 2. The number of carbonyl (C=O) groups is 2. The highest BCUT2D eigenvalue weighted by molar-refractivity contribution is 7.89. The summed E-state index contributed by atoms with van der Waals surface area (Å²) in [7, 11) is -3.85. The first-order chi connectivity index (χ1) is 14.7. The van der Waals surface area contributed by atoms with E-state index in [0.29, 0.717) is 30.6 Å². The average molecular weight is 484 g/mol. The number of benzene rings is 2. The Morgan fingerprint density at radius 3 is 2.13 bits per heavy atom. The van der Waals surface area contributed by atoms with Crippen LogP contribution in [0.1, 0.15) is 26.2 Å². The SMILES string of the molecule is CCC(=O)Nc1cccc(NC(=O)C2CCN(S(=O)(=O)c3c(Cl)cccc3Cl)CC2)c1. The van der Waals surface area contributed by atoms with E-state index < -0.39 is 10.0 Å². The van der Waals surface area contributed by atoms with Gasteiger partial charge in [-0.25, -0.2) is 8.42 Å². The van der Waals surface area contributed by atoms with Crippen LogP contribution in [0.5, 0.6) is 0 Å². The van der Waals surface area contributed by atoms with Gasteiger partial charge in [0.2, 0.25) is 21.8 Å². The van der Waals surface area contributed by atoms with Crippen molar-refractivity contribution in [3.63, 3.8) is 0 Å². The first-order valence-electron chi connectivity index (χ1n) is 9.87. The van der Waals surface area contributed by atoms with Crippen LogP contribution in [0.15, 0.2) is 47.4 Å². The fourth-order valence-electron chi connectivity index (χ4n) is 3.38. The number of sulfonamides is 1. The second-order valence-electron chi connectivity index (χ2n) is 7.20. The summed E-state index contributed by atoms with van der Waals surface area (Å²) in [6.07, 6.45) is 1.11. The van der Waals surface area contributed by atoms with Gasteiger partial charge in [-0.05, 0) is 43.2 Å². The molecule has 0 aliphatic carbocycles. The Bertz CT molecular complexity index is 1060. The number of anilines is 2. The van der Waals surface area contributed by atoms with Gasteiger partial charge in [-0.1, -0.05) is 42.3 Å². The highest BCUT2D eigenvalue weighted by Crippen LogP contribution is 2.33. The number of rotatable bonds is 6. The highest BCUT2D eigenvalue weighted by Gasteiger charge is 2.34. The quantitative estimate of drug-likeness (QED) is 0.636. The lowest BCUT2D eigenvalue weighted by atomic mass is 9.97. The number of amides is 2. The molecule has 10 heteroatoms. The zero-order valence-corrected chi connectivity index (χ0v) is 19.2. The van der Waals surface area contributed by atoms with Gasteiger partial charge in [0, 0.05) is 36.8 Å². The summed E-state index contributed by atoms with van der Waals surface area (Å²) in [6, 6.07) is 11.5. The van der Waals surface area contributed by atoms with Crippen LogP contribution in [-0.2, 0) is 19.6 Å². The maximum Gasteiger partial charge on any atom is 0.246 e. The zero-order chi connectivity index (χ0) is 22.6. The number of nitrogens with one attached hydrogen (secondary N) is 2. The summed E-state index contributed by atoms with van der Waals surface area (Å²) < 4.78 is 27.2. The summed E-state index contributed by atoms with van der Waals surface area (Å²) in [5.74, 6) is -0.635. The van der Waals surface area contributed by atoms with Crippen molar-refractivity contribution >= 4 is 56.4 Å². The third-order valence-electron chi connectivity index (χ3n) is 5.08. The van der Waals surface area contributed by atoms with Crippen LogP contribution in [0.3, 0.4) is 0 Å². The third-order valence-corrected chi connectivity index (χ3v) is 7.93. The Balaban J connectivity index is 1.63. The van der Waals surface area contributed by atoms with E-state index in [1.54, 1.807) is 37.3 Å². The second kappa shape index (κ2) is 9.99. The Morgan fingerprint density at radius 1 is 1.00 bits per heavy atom. The van der Waals surface area contributed by atoms with Gasteiger partial charge in [0.25, 0.3) is 0 Å². The molecule has 0 radical (unpaired) electrons.